The zero-order valence-electron chi connectivity index (χ0n) is 42.7. The number of hydrogen-bond donors (Lipinski definition) is 0. The van der Waals surface area contributed by atoms with E-state index in [0.717, 1.165) is 5.69 Å². The lowest BCUT2D eigenvalue weighted by Gasteiger charge is -2.42. The topological polar surface area (TPSA) is 3.24 Å². The maximum absolute atomic E-state index is 2.58. The third kappa shape index (κ3) is 5.78. The molecule has 1 aliphatic heterocycles. The van der Waals surface area contributed by atoms with Gasteiger partial charge in [0.25, 0.3) is 0 Å². The van der Waals surface area contributed by atoms with Gasteiger partial charge in [-0.15, -0.1) is 0 Å². The average Bonchev–Trinajstić information content (AvgIpc) is 4.16. The molecule has 77 heavy (non-hydrogen) atoms. The van der Waals surface area contributed by atoms with Gasteiger partial charge in [0, 0.05) is 11.1 Å². The number of anilines is 3. The Morgan fingerprint density at radius 3 is 1.19 bits per heavy atom. The number of hydrogen-bond acceptors (Lipinski definition) is 1. The summed E-state index contributed by atoms with van der Waals surface area (Å²) in [4.78, 5) is 2.58. The minimum absolute atomic E-state index is 0.381. The Kier molecular flexibility index (Phi) is 9.37. The van der Waals surface area contributed by atoms with E-state index in [-0.39, 0.29) is 5.41 Å². The lowest BCUT2D eigenvalue weighted by Crippen LogP contribution is -2.32. The second kappa shape index (κ2) is 16.5. The zero-order valence-corrected chi connectivity index (χ0v) is 42.7. The highest BCUT2D eigenvalue weighted by Gasteiger charge is 2.51. The molecule has 1 unspecified atom stereocenters. The molecule has 4 aliphatic rings. The van der Waals surface area contributed by atoms with Crippen molar-refractivity contribution in [2.24, 2.45) is 0 Å². The van der Waals surface area contributed by atoms with E-state index >= 15 is 0 Å². The van der Waals surface area contributed by atoms with Crippen LogP contribution in [0, 0.1) is 0 Å². The van der Waals surface area contributed by atoms with Crippen molar-refractivity contribution in [3.05, 3.63) is 352 Å². The Morgan fingerprint density at radius 1 is 0.260 bits per heavy atom. The average molecular weight is 978 g/mol. The molecule has 360 valence electrons. The largest absolute Gasteiger partial charge is 0.310 e. The maximum Gasteiger partial charge on any atom is 0.0713 e. The number of benzene rings is 12. The molecule has 12 aromatic carbocycles. The first-order valence-electron chi connectivity index (χ1n) is 27.1. The predicted molar refractivity (Wildman–Crippen MR) is 318 cm³/mol. The third-order valence-corrected chi connectivity index (χ3v) is 18.0. The number of fused-ring (bicyclic) bond motifs is 11. The summed E-state index contributed by atoms with van der Waals surface area (Å²) in [6.45, 7) is 2.47. The van der Waals surface area contributed by atoms with Crippen LogP contribution in [0.2, 0.25) is 0 Å². The minimum atomic E-state index is -0.499. The van der Waals surface area contributed by atoms with Crippen LogP contribution in [0.1, 0.15) is 68.1 Å². The van der Waals surface area contributed by atoms with E-state index in [9.17, 15) is 0 Å². The van der Waals surface area contributed by atoms with E-state index in [1.165, 1.54) is 128 Å². The van der Waals surface area contributed by atoms with Crippen LogP contribution in [0.5, 0.6) is 0 Å². The van der Waals surface area contributed by atoms with Crippen LogP contribution in [-0.4, -0.2) is 0 Å². The SMILES string of the molecule is CC12c3ccccc3-c3cccc(c31)N(c1cccc(-c3cccc4c3-c3ccccc3C4(c3ccccc3)c3ccccc3)c1)c1cc(-c3cccc4c3-c3ccccc3C4(c3ccccc3)c3ccccc3)ccc12. The minimum Gasteiger partial charge on any atom is -0.310 e. The fourth-order valence-corrected chi connectivity index (χ4v) is 15.0. The highest BCUT2D eigenvalue weighted by Crippen LogP contribution is 2.65. The molecular weight excluding hydrogens is 927 g/mol. The van der Waals surface area contributed by atoms with Gasteiger partial charge in [-0.3, -0.25) is 0 Å². The Morgan fingerprint density at radius 2 is 0.662 bits per heavy atom. The van der Waals surface area contributed by atoms with Gasteiger partial charge in [0.15, 0.2) is 0 Å². The summed E-state index contributed by atoms with van der Waals surface area (Å²) in [7, 11) is 0. The molecule has 1 nitrogen and oxygen atoms in total. The van der Waals surface area contributed by atoms with Gasteiger partial charge in [-0.2, -0.15) is 0 Å². The summed E-state index contributed by atoms with van der Waals surface area (Å²) in [5, 5.41) is 0. The monoisotopic (exact) mass is 977 g/mol. The van der Waals surface area contributed by atoms with Crippen LogP contribution in [0.4, 0.5) is 17.1 Å². The van der Waals surface area contributed by atoms with Gasteiger partial charge in [0.1, 0.15) is 0 Å². The summed E-state index contributed by atoms with van der Waals surface area (Å²) in [6.07, 6.45) is 0. The molecule has 0 spiro atoms. The van der Waals surface area contributed by atoms with Gasteiger partial charge in [-0.1, -0.05) is 267 Å². The highest BCUT2D eigenvalue weighted by atomic mass is 15.2. The van der Waals surface area contributed by atoms with E-state index < -0.39 is 10.8 Å². The first kappa shape index (κ1) is 43.8. The fourth-order valence-electron chi connectivity index (χ4n) is 15.0. The molecule has 0 aromatic heterocycles. The van der Waals surface area contributed by atoms with E-state index in [2.05, 4.69) is 303 Å². The Hall–Kier alpha value is -9.56. The summed E-state index contributed by atoms with van der Waals surface area (Å²) < 4.78 is 0. The van der Waals surface area contributed by atoms with Crippen molar-refractivity contribution in [2.45, 2.75) is 23.2 Å². The van der Waals surface area contributed by atoms with Gasteiger partial charge in [0.2, 0.25) is 0 Å². The van der Waals surface area contributed by atoms with E-state index in [0.29, 0.717) is 0 Å². The summed E-state index contributed by atoms with van der Waals surface area (Å²) in [5.41, 5.74) is 29.1. The first-order chi connectivity index (χ1) is 38.1. The van der Waals surface area contributed by atoms with E-state index in [1.54, 1.807) is 0 Å². The van der Waals surface area contributed by atoms with Crippen LogP contribution >= 0.6 is 0 Å². The van der Waals surface area contributed by atoms with Crippen LogP contribution in [0.3, 0.4) is 0 Å². The fraction of sp³-hybridized carbons (Fsp3) is 0.0526. The van der Waals surface area contributed by atoms with Crippen LogP contribution in [-0.2, 0) is 16.2 Å². The smallest absolute Gasteiger partial charge is 0.0713 e. The molecule has 0 N–H and O–H groups in total. The van der Waals surface area contributed by atoms with E-state index in [1.807, 2.05) is 0 Å². The van der Waals surface area contributed by atoms with Crippen molar-refractivity contribution in [2.75, 3.05) is 4.90 Å². The van der Waals surface area contributed by atoms with Crippen molar-refractivity contribution in [3.63, 3.8) is 0 Å². The Labute approximate surface area is 450 Å². The van der Waals surface area contributed by atoms with Crippen molar-refractivity contribution in [3.8, 4) is 55.6 Å². The van der Waals surface area contributed by atoms with Crippen molar-refractivity contribution < 1.29 is 0 Å². The molecule has 1 atom stereocenters. The quantitative estimate of drug-likeness (QED) is 0.154. The van der Waals surface area contributed by atoms with Gasteiger partial charge in [0.05, 0.1) is 22.2 Å². The van der Waals surface area contributed by atoms with Crippen molar-refractivity contribution in [1.29, 1.82) is 0 Å². The Bertz CT molecular complexity index is 4260. The molecule has 0 saturated carbocycles. The number of rotatable bonds is 7. The predicted octanol–water partition coefficient (Wildman–Crippen LogP) is 18.9. The lowest BCUT2D eigenvalue weighted by molar-refractivity contribution is 0.702. The Balaban J connectivity index is 0.928. The van der Waals surface area contributed by atoms with Crippen molar-refractivity contribution >= 4 is 17.1 Å². The first-order valence-corrected chi connectivity index (χ1v) is 27.1. The van der Waals surface area contributed by atoms with Gasteiger partial charge in [-0.05, 0) is 148 Å². The molecule has 3 aliphatic carbocycles. The van der Waals surface area contributed by atoms with Gasteiger partial charge < -0.3 is 4.90 Å². The molecule has 1 heteroatoms. The van der Waals surface area contributed by atoms with E-state index in [4.69, 9.17) is 0 Å². The molecule has 0 radical (unpaired) electrons. The summed E-state index contributed by atoms with van der Waals surface area (Å²) in [6, 6.07) is 110. The normalized spacial score (nSPS) is 16.1. The van der Waals surface area contributed by atoms with Crippen LogP contribution in [0.25, 0.3) is 55.6 Å². The molecule has 12 aromatic rings. The molecular formula is C76H51N. The van der Waals surface area contributed by atoms with Gasteiger partial charge in [-0.25, -0.2) is 0 Å². The van der Waals surface area contributed by atoms with Crippen LogP contribution < -0.4 is 4.90 Å². The molecule has 1 heterocycles. The molecule has 16 rings (SSSR count). The summed E-state index contributed by atoms with van der Waals surface area (Å²) >= 11 is 0. The molecule has 0 amide bonds. The van der Waals surface area contributed by atoms with Crippen LogP contribution in [0.15, 0.2) is 291 Å². The standard InChI is InChI=1S/C76H51N/c1-74-63-40-17-14-34-59(63)60-39-23-45-69(73(60)74)77(56-33-20-24-50(48-56)57-37-21-43-67-71(57)61-35-15-18-41-64(61)75(67,52-25-6-2-7-26-52)53-27-8-3-9-28-53)70-49-51(46-47-66(70)74)58-38-22-44-68-72(58)62-36-16-19-42-65(62)76(68,54-29-10-4-11-30-54)55-31-12-5-13-32-55/h2-49H,1H3. The molecule has 0 fully saturated rings. The highest BCUT2D eigenvalue weighted by molar-refractivity contribution is 6.02. The molecule has 0 saturated heterocycles. The number of nitrogens with zero attached hydrogens (tertiary/aromatic N) is 1. The second-order valence-corrected chi connectivity index (χ2v) is 21.5. The van der Waals surface area contributed by atoms with Crippen molar-refractivity contribution in [1.82, 2.24) is 0 Å². The molecule has 0 bridgehead atoms. The second-order valence-electron chi connectivity index (χ2n) is 21.5. The zero-order chi connectivity index (χ0) is 50.9. The lowest BCUT2D eigenvalue weighted by atomic mass is 9.67. The van der Waals surface area contributed by atoms with Gasteiger partial charge >= 0.3 is 0 Å². The summed E-state index contributed by atoms with van der Waals surface area (Å²) in [5.74, 6) is 0. The maximum atomic E-state index is 2.58. The third-order valence-electron chi connectivity index (χ3n) is 18.0.